The molecule has 6 nitrogen and oxygen atoms in total. The maximum atomic E-state index is 5.58. The van der Waals surface area contributed by atoms with E-state index in [1.807, 2.05) is 12.4 Å². The number of aromatic nitrogens is 2. The van der Waals surface area contributed by atoms with Crippen molar-refractivity contribution in [1.82, 2.24) is 9.97 Å². The Morgan fingerprint density at radius 3 is 2.65 bits per heavy atom. The summed E-state index contributed by atoms with van der Waals surface area (Å²) < 4.78 is 5.58. The molecule has 5 heterocycles. The number of rotatable bonds is 3. The van der Waals surface area contributed by atoms with Gasteiger partial charge in [-0.3, -0.25) is 9.98 Å². The molecule has 6 rings (SSSR count). The monoisotopic (exact) mass is 411 g/mol. The average molecular weight is 412 g/mol. The molecule has 6 heteroatoms. The van der Waals surface area contributed by atoms with E-state index in [9.17, 15) is 0 Å². The van der Waals surface area contributed by atoms with Gasteiger partial charge in [-0.1, -0.05) is 24.3 Å². The summed E-state index contributed by atoms with van der Waals surface area (Å²) in [6.07, 6.45) is 6.89. The number of nitrogens with zero attached hydrogens (tertiary/aromatic N) is 5. The Hall–Kier alpha value is -3.25. The van der Waals surface area contributed by atoms with E-state index in [-0.39, 0.29) is 0 Å². The third-order valence-electron chi connectivity index (χ3n) is 6.45. The number of allylic oxidation sites excluding steroid dienone is 1. The number of hydrogen-bond acceptors (Lipinski definition) is 6. The maximum Gasteiger partial charge on any atom is 0.131 e. The minimum atomic E-state index is 0.669. The van der Waals surface area contributed by atoms with E-state index >= 15 is 0 Å². The van der Waals surface area contributed by atoms with Gasteiger partial charge in [-0.2, -0.15) is 0 Å². The third kappa shape index (κ3) is 3.37. The summed E-state index contributed by atoms with van der Waals surface area (Å²) in [5, 5.41) is 1.16. The van der Waals surface area contributed by atoms with Gasteiger partial charge >= 0.3 is 0 Å². The van der Waals surface area contributed by atoms with Crippen LogP contribution in [-0.4, -0.2) is 55.6 Å². The minimum Gasteiger partial charge on any atom is -0.378 e. The second-order valence-corrected chi connectivity index (χ2v) is 8.28. The fourth-order valence-electron chi connectivity index (χ4n) is 4.77. The summed E-state index contributed by atoms with van der Waals surface area (Å²) in [5.41, 5.74) is 7.16. The number of ether oxygens (including phenoxy) is 1. The number of benzene rings is 1. The van der Waals surface area contributed by atoms with Crippen molar-refractivity contribution in [2.45, 2.75) is 13.0 Å². The van der Waals surface area contributed by atoms with Crippen LogP contribution in [0, 0.1) is 0 Å². The second-order valence-electron chi connectivity index (χ2n) is 8.28. The van der Waals surface area contributed by atoms with Crippen LogP contribution in [0.3, 0.4) is 0 Å². The van der Waals surface area contributed by atoms with Crippen molar-refractivity contribution in [3.05, 3.63) is 65.5 Å². The van der Waals surface area contributed by atoms with Gasteiger partial charge in [-0.15, -0.1) is 0 Å². The molecule has 0 N–H and O–H groups in total. The van der Waals surface area contributed by atoms with Crippen LogP contribution in [0.25, 0.3) is 16.5 Å². The lowest BCUT2D eigenvalue weighted by Gasteiger charge is -2.34. The first-order valence-electron chi connectivity index (χ1n) is 11.0. The molecule has 0 amide bonds. The third-order valence-corrected chi connectivity index (χ3v) is 6.45. The highest BCUT2D eigenvalue weighted by atomic mass is 16.5. The van der Waals surface area contributed by atoms with Gasteiger partial charge in [0.15, 0.2) is 0 Å². The van der Waals surface area contributed by atoms with Gasteiger partial charge in [-0.05, 0) is 29.7 Å². The quantitative estimate of drug-likeness (QED) is 0.660. The molecule has 1 saturated heterocycles. The number of fused-ring (bicyclic) bond motifs is 2. The smallest absolute Gasteiger partial charge is 0.131 e. The number of hydrogen-bond donors (Lipinski definition) is 0. The lowest BCUT2D eigenvalue weighted by atomic mass is 9.98. The second kappa shape index (κ2) is 7.78. The van der Waals surface area contributed by atoms with Crippen molar-refractivity contribution in [3.63, 3.8) is 0 Å². The zero-order valence-electron chi connectivity index (χ0n) is 17.5. The lowest BCUT2D eigenvalue weighted by Crippen LogP contribution is -2.37. The molecule has 1 aromatic carbocycles. The van der Waals surface area contributed by atoms with E-state index in [4.69, 9.17) is 14.7 Å². The van der Waals surface area contributed by atoms with Gasteiger partial charge in [0.25, 0.3) is 0 Å². The summed E-state index contributed by atoms with van der Waals surface area (Å²) in [4.78, 5) is 19.1. The van der Waals surface area contributed by atoms with Gasteiger partial charge < -0.3 is 14.5 Å². The maximum absolute atomic E-state index is 5.58. The average Bonchev–Trinajstić information content (AvgIpc) is 3.38. The van der Waals surface area contributed by atoms with E-state index in [1.165, 1.54) is 16.8 Å². The normalized spacial score (nSPS) is 18.4. The Balaban J connectivity index is 1.50. The summed E-state index contributed by atoms with van der Waals surface area (Å²) in [7, 11) is 0. The van der Waals surface area contributed by atoms with Gasteiger partial charge in [0, 0.05) is 55.6 Å². The van der Waals surface area contributed by atoms with Crippen molar-refractivity contribution in [2.75, 3.05) is 49.2 Å². The summed E-state index contributed by atoms with van der Waals surface area (Å²) >= 11 is 0. The van der Waals surface area contributed by atoms with E-state index < -0.39 is 0 Å². The molecule has 0 atom stereocenters. The molecule has 0 bridgehead atoms. The molecule has 3 aliphatic heterocycles. The van der Waals surface area contributed by atoms with Crippen LogP contribution >= 0.6 is 0 Å². The molecule has 0 radical (unpaired) electrons. The first-order chi connectivity index (χ1) is 15.4. The highest BCUT2D eigenvalue weighted by Crippen LogP contribution is 2.36. The minimum absolute atomic E-state index is 0.669. The molecule has 0 aliphatic carbocycles. The predicted molar refractivity (Wildman–Crippen MR) is 125 cm³/mol. The largest absolute Gasteiger partial charge is 0.378 e. The van der Waals surface area contributed by atoms with E-state index in [2.05, 4.69) is 57.3 Å². The fourth-order valence-corrected chi connectivity index (χ4v) is 4.77. The Morgan fingerprint density at radius 1 is 0.935 bits per heavy atom. The zero-order chi connectivity index (χ0) is 20.6. The number of aliphatic imine (C=N–C) groups is 1. The summed E-state index contributed by atoms with van der Waals surface area (Å²) in [6, 6.07) is 13.2. The Bertz CT molecular complexity index is 1200. The van der Waals surface area contributed by atoms with E-state index in [1.54, 1.807) is 0 Å². The van der Waals surface area contributed by atoms with Crippen LogP contribution in [0.4, 0.5) is 11.5 Å². The van der Waals surface area contributed by atoms with Crippen LogP contribution in [-0.2, 0) is 17.7 Å². The van der Waals surface area contributed by atoms with Crippen LogP contribution in [0.1, 0.15) is 16.8 Å². The first-order valence-corrected chi connectivity index (χ1v) is 11.0. The molecular weight excluding hydrogens is 386 g/mol. The molecule has 2 aromatic heterocycles. The van der Waals surface area contributed by atoms with Gasteiger partial charge in [0.2, 0.25) is 0 Å². The molecule has 0 unspecified atom stereocenters. The van der Waals surface area contributed by atoms with Crippen LogP contribution in [0.5, 0.6) is 0 Å². The number of pyridine rings is 2. The standard InChI is InChI=1S/C25H25N5O/c1-2-4-20-17-30(10-7-18(20)3-1)22-15-23(29-11-13-31-14-12-29)28-25-21(22)6-9-27-24(25)19-5-8-26-16-19/h1-6,8-9,15H,7,10-14,16-17H2. The summed E-state index contributed by atoms with van der Waals surface area (Å²) in [6.45, 7) is 5.80. The van der Waals surface area contributed by atoms with Crippen LogP contribution in [0.15, 0.2) is 53.7 Å². The zero-order valence-corrected chi connectivity index (χ0v) is 17.5. The van der Waals surface area contributed by atoms with Crippen molar-refractivity contribution < 1.29 is 4.74 Å². The summed E-state index contributed by atoms with van der Waals surface area (Å²) in [5.74, 6) is 1.01. The Morgan fingerprint density at radius 2 is 1.81 bits per heavy atom. The van der Waals surface area contributed by atoms with Gasteiger partial charge in [0.05, 0.1) is 31.1 Å². The fraction of sp³-hybridized carbons (Fsp3) is 0.320. The number of anilines is 2. The molecule has 3 aliphatic rings. The molecule has 0 saturated carbocycles. The van der Waals surface area contributed by atoms with E-state index in [0.717, 1.165) is 73.8 Å². The van der Waals surface area contributed by atoms with Crippen molar-refractivity contribution >= 4 is 34.2 Å². The molecule has 1 fully saturated rings. The molecule has 156 valence electrons. The van der Waals surface area contributed by atoms with Crippen molar-refractivity contribution in [2.24, 2.45) is 4.99 Å². The molecular formula is C25H25N5O. The highest BCUT2D eigenvalue weighted by Gasteiger charge is 2.23. The van der Waals surface area contributed by atoms with Crippen molar-refractivity contribution in [3.8, 4) is 0 Å². The Kier molecular flexibility index (Phi) is 4.65. The van der Waals surface area contributed by atoms with Crippen LogP contribution in [0.2, 0.25) is 0 Å². The topological polar surface area (TPSA) is 53.9 Å². The van der Waals surface area contributed by atoms with E-state index in [0.29, 0.717) is 6.54 Å². The molecule has 3 aromatic rings. The SMILES string of the molecule is C1=NCC(c2nccc3c(N4CCc5ccccc5C4)cc(N4CCOCC4)nc23)=C1. The van der Waals surface area contributed by atoms with Gasteiger partial charge in [-0.25, -0.2) is 4.98 Å². The van der Waals surface area contributed by atoms with Gasteiger partial charge in [0.1, 0.15) is 11.3 Å². The first kappa shape index (κ1) is 18.5. The number of morpholine rings is 1. The highest BCUT2D eigenvalue weighted by molar-refractivity contribution is 6.01. The molecule has 31 heavy (non-hydrogen) atoms. The lowest BCUT2D eigenvalue weighted by molar-refractivity contribution is 0.122. The predicted octanol–water partition coefficient (Wildman–Crippen LogP) is 3.50. The Labute approximate surface area is 181 Å². The molecule has 0 spiro atoms. The van der Waals surface area contributed by atoms with Crippen LogP contribution < -0.4 is 9.80 Å². The van der Waals surface area contributed by atoms with Crippen molar-refractivity contribution in [1.29, 1.82) is 0 Å².